The number of halogens is 1. The predicted octanol–water partition coefficient (Wildman–Crippen LogP) is 2.85. The van der Waals surface area contributed by atoms with Gasteiger partial charge in [-0.1, -0.05) is 0 Å². The summed E-state index contributed by atoms with van der Waals surface area (Å²) in [5, 5.41) is 3.39. The Morgan fingerprint density at radius 2 is 2.45 bits per heavy atom. The van der Waals surface area contributed by atoms with Gasteiger partial charge in [-0.05, 0) is 41.9 Å². The van der Waals surface area contributed by atoms with Crippen LogP contribution in [0.5, 0.6) is 0 Å². The second kappa shape index (κ2) is 2.88. The molecule has 1 N–H and O–H groups in total. The van der Waals surface area contributed by atoms with E-state index in [0.717, 1.165) is 0 Å². The normalized spacial score (nSPS) is 23.3. The zero-order chi connectivity index (χ0) is 7.84. The minimum atomic E-state index is 0.644. The van der Waals surface area contributed by atoms with Crippen LogP contribution in [0.2, 0.25) is 0 Å². The molecule has 1 unspecified atom stereocenters. The van der Waals surface area contributed by atoms with Crippen molar-refractivity contribution in [1.29, 1.82) is 0 Å². The van der Waals surface area contributed by atoms with Crippen LogP contribution in [-0.2, 0) is 0 Å². The first kappa shape index (κ1) is 7.77. The summed E-state index contributed by atoms with van der Waals surface area (Å²) >= 11 is 5.41. The molecule has 2 heterocycles. The highest BCUT2D eigenvalue weighted by atomic mass is 79.9. The molecule has 1 fully saturated rings. The van der Waals surface area contributed by atoms with Crippen LogP contribution in [0.1, 0.15) is 22.2 Å². The lowest BCUT2D eigenvalue weighted by atomic mass is 10.1. The number of thiophene rings is 1. The molecule has 0 radical (unpaired) electrons. The van der Waals surface area contributed by atoms with E-state index in [2.05, 4.69) is 34.2 Å². The molecule has 1 atom stereocenters. The quantitative estimate of drug-likeness (QED) is 0.785. The molecule has 1 aliphatic heterocycles. The SMILES string of the molecule is Cc1sc(C2CCN2)cc1Br. The third-order valence-electron chi connectivity index (χ3n) is 2.04. The summed E-state index contributed by atoms with van der Waals surface area (Å²) in [6.07, 6.45) is 1.30. The van der Waals surface area contributed by atoms with Crippen molar-refractivity contribution < 1.29 is 0 Å². The molecule has 0 aliphatic carbocycles. The van der Waals surface area contributed by atoms with E-state index in [0.29, 0.717) is 6.04 Å². The smallest absolute Gasteiger partial charge is 0.0427 e. The highest BCUT2D eigenvalue weighted by Crippen LogP contribution is 2.34. The number of hydrogen-bond donors (Lipinski definition) is 1. The van der Waals surface area contributed by atoms with Crippen molar-refractivity contribution in [2.24, 2.45) is 0 Å². The number of hydrogen-bond acceptors (Lipinski definition) is 2. The molecule has 1 saturated heterocycles. The van der Waals surface area contributed by atoms with Gasteiger partial charge in [-0.25, -0.2) is 0 Å². The standard InChI is InChI=1S/C8H10BrNS/c1-5-6(9)4-8(11-5)7-2-3-10-7/h4,7,10H,2-3H2,1H3. The maximum absolute atomic E-state index is 3.52. The van der Waals surface area contributed by atoms with Crippen LogP contribution in [0.15, 0.2) is 10.5 Å². The predicted molar refractivity (Wildman–Crippen MR) is 52.1 cm³/mol. The second-order valence-electron chi connectivity index (χ2n) is 2.85. The van der Waals surface area contributed by atoms with Gasteiger partial charge in [0.1, 0.15) is 0 Å². The molecule has 0 amide bonds. The number of rotatable bonds is 1. The molecule has 0 spiro atoms. The summed E-state index contributed by atoms with van der Waals surface area (Å²) in [6, 6.07) is 2.88. The Bertz CT molecular complexity index is 246. The molecule has 1 aliphatic rings. The molecule has 0 saturated carbocycles. The molecule has 11 heavy (non-hydrogen) atoms. The Balaban J connectivity index is 2.24. The highest BCUT2D eigenvalue weighted by Gasteiger charge is 2.20. The van der Waals surface area contributed by atoms with E-state index in [9.17, 15) is 0 Å². The third kappa shape index (κ3) is 1.37. The summed E-state index contributed by atoms with van der Waals surface area (Å²) in [6.45, 7) is 3.33. The lowest BCUT2D eigenvalue weighted by Gasteiger charge is -2.26. The van der Waals surface area contributed by atoms with Gasteiger partial charge in [0.25, 0.3) is 0 Å². The van der Waals surface area contributed by atoms with Crippen molar-refractivity contribution in [2.45, 2.75) is 19.4 Å². The van der Waals surface area contributed by atoms with Gasteiger partial charge in [-0.2, -0.15) is 0 Å². The van der Waals surface area contributed by atoms with E-state index >= 15 is 0 Å². The minimum absolute atomic E-state index is 0.644. The zero-order valence-electron chi connectivity index (χ0n) is 6.36. The van der Waals surface area contributed by atoms with Crippen LogP contribution < -0.4 is 5.32 Å². The van der Waals surface area contributed by atoms with Gasteiger partial charge in [-0.15, -0.1) is 11.3 Å². The van der Waals surface area contributed by atoms with Gasteiger partial charge in [0, 0.05) is 20.3 Å². The van der Waals surface area contributed by atoms with Crippen molar-refractivity contribution in [2.75, 3.05) is 6.54 Å². The van der Waals surface area contributed by atoms with Gasteiger partial charge >= 0.3 is 0 Å². The van der Waals surface area contributed by atoms with Crippen molar-refractivity contribution in [3.63, 3.8) is 0 Å². The first-order valence-corrected chi connectivity index (χ1v) is 5.37. The lowest BCUT2D eigenvalue weighted by Crippen LogP contribution is -2.34. The summed E-state index contributed by atoms with van der Waals surface area (Å²) in [5.41, 5.74) is 0. The molecular weight excluding hydrogens is 222 g/mol. The Morgan fingerprint density at radius 1 is 1.73 bits per heavy atom. The summed E-state index contributed by atoms with van der Waals surface area (Å²) in [7, 11) is 0. The van der Waals surface area contributed by atoms with Gasteiger partial charge in [0.05, 0.1) is 0 Å². The monoisotopic (exact) mass is 231 g/mol. The molecule has 1 aromatic heterocycles. The molecule has 2 rings (SSSR count). The molecule has 1 aromatic rings. The Hall–Kier alpha value is 0.140. The molecule has 1 nitrogen and oxygen atoms in total. The first-order valence-electron chi connectivity index (χ1n) is 3.76. The minimum Gasteiger partial charge on any atom is -0.309 e. The fourth-order valence-corrected chi connectivity index (χ4v) is 2.86. The topological polar surface area (TPSA) is 12.0 Å². The van der Waals surface area contributed by atoms with E-state index in [1.54, 1.807) is 0 Å². The third-order valence-corrected chi connectivity index (χ3v) is 4.29. The van der Waals surface area contributed by atoms with Crippen LogP contribution in [0.25, 0.3) is 0 Å². The largest absolute Gasteiger partial charge is 0.309 e. The van der Waals surface area contributed by atoms with Crippen LogP contribution in [-0.4, -0.2) is 6.54 Å². The second-order valence-corrected chi connectivity index (χ2v) is 4.99. The summed E-state index contributed by atoms with van der Waals surface area (Å²) < 4.78 is 1.26. The summed E-state index contributed by atoms with van der Waals surface area (Å²) in [4.78, 5) is 2.86. The maximum atomic E-state index is 3.52. The lowest BCUT2D eigenvalue weighted by molar-refractivity contribution is 0.389. The number of aryl methyl sites for hydroxylation is 1. The molecule has 0 bridgehead atoms. The van der Waals surface area contributed by atoms with Crippen LogP contribution in [0.4, 0.5) is 0 Å². The van der Waals surface area contributed by atoms with E-state index in [-0.39, 0.29) is 0 Å². The highest BCUT2D eigenvalue weighted by molar-refractivity contribution is 9.10. The van der Waals surface area contributed by atoms with Gasteiger partial charge in [-0.3, -0.25) is 0 Å². The van der Waals surface area contributed by atoms with Gasteiger partial charge < -0.3 is 5.32 Å². The van der Waals surface area contributed by atoms with Crippen LogP contribution in [0, 0.1) is 6.92 Å². The average Bonchev–Trinajstić information content (AvgIpc) is 2.08. The molecular formula is C8H10BrNS. The van der Waals surface area contributed by atoms with Gasteiger partial charge in [0.2, 0.25) is 0 Å². The van der Waals surface area contributed by atoms with E-state index in [4.69, 9.17) is 0 Å². The Kier molecular flexibility index (Phi) is 2.04. The Labute approximate surface area is 78.9 Å². The van der Waals surface area contributed by atoms with Crippen LogP contribution >= 0.6 is 27.3 Å². The van der Waals surface area contributed by atoms with Crippen molar-refractivity contribution in [1.82, 2.24) is 5.32 Å². The maximum Gasteiger partial charge on any atom is 0.0427 e. The summed E-state index contributed by atoms with van der Waals surface area (Å²) in [5.74, 6) is 0. The van der Waals surface area contributed by atoms with Crippen molar-refractivity contribution in [3.05, 3.63) is 20.3 Å². The molecule has 60 valence electrons. The average molecular weight is 232 g/mol. The molecule has 3 heteroatoms. The Morgan fingerprint density at radius 3 is 2.82 bits per heavy atom. The van der Waals surface area contributed by atoms with Crippen molar-refractivity contribution >= 4 is 27.3 Å². The van der Waals surface area contributed by atoms with Crippen LogP contribution in [0.3, 0.4) is 0 Å². The van der Waals surface area contributed by atoms with E-state index < -0.39 is 0 Å². The fourth-order valence-electron chi connectivity index (χ4n) is 1.18. The van der Waals surface area contributed by atoms with Crippen molar-refractivity contribution in [3.8, 4) is 0 Å². The number of nitrogens with one attached hydrogen (secondary N) is 1. The van der Waals surface area contributed by atoms with Gasteiger partial charge in [0.15, 0.2) is 0 Å². The fraction of sp³-hybridized carbons (Fsp3) is 0.500. The van der Waals surface area contributed by atoms with E-state index in [1.165, 1.54) is 27.2 Å². The zero-order valence-corrected chi connectivity index (χ0v) is 8.76. The first-order chi connectivity index (χ1) is 5.27. The van der Waals surface area contributed by atoms with E-state index in [1.807, 2.05) is 11.3 Å². The molecule has 0 aromatic carbocycles.